The number of hydrogen-bond donors (Lipinski definition) is 1. The van der Waals surface area contributed by atoms with Gasteiger partial charge in [-0.05, 0) is 54.3 Å². The first kappa shape index (κ1) is 26.6. The lowest BCUT2D eigenvalue weighted by molar-refractivity contribution is -0.140. The van der Waals surface area contributed by atoms with Gasteiger partial charge in [-0.25, -0.2) is 0 Å². The number of ketones is 1. The predicted octanol–water partition coefficient (Wildman–Crippen LogP) is 4.11. The van der Waals surface area contributed by atoms with Gasteiger partial charge in [0.1, 0.15) is 18.1 Å². The van der Waals surface area contributed by atoms with Gasteiger partial charge in [-0.3, -0.25) is 19.5 Å². The van der Waals surface area contributed by atoms with Gasteiger partial charge in [-0.2, -0.15) is 0 Å². The lowest BCUT2D eigenvalue weighted by Gasteiger charge is -2.29. The maximum Gasteiger partial charge on any atom is 0.295 e. The average Bonchev–Trinajstić information content (AvgIpc) is 3.23. The van der Waals surface area contributed by atoms with Crippen LogP contribution in [0.5, 0.6) is 5.75 Å². The van der Waals surface area contributed by atoms with Crippen LogP contribution in [-0.4, -0.2) is 71.0 Å². The van der Waals surface area contributed by atoms with E-state index < -0.39 is 17.7 Å². The van der Waals surface area contributed by atoms with Crippen molar-refractivity contribution in [3.8, 4) is 5.75 Å². The number of aryl methyl sites for hydroxylation is 1. The number of aliphatic hydroxyl groups is 1. The molecule has 2 aliphatic heterocycles. The number of ether oxygens (including phenoxy) is 2. The third-order valence-corrected chi connectivity index (χ3v) is 7.20. The van der Waals surface area contributed by atoms with Crippen molar-refractivity contribution in [2.75, 3.05) is 39.4 Å². The Balaban J connectivity index is 1.40. The second-order valence-electron chi connectivity index (χ2n) is 9.84. The fourth-order valence-electron chi connectivity index (χ4n) is 5.13. The molecule has 0 unspecified atom stereocenters. The standard InChI is InChI=1S/C31H33N3O5/c1-22-19-24(10-11-26(22)39-21-23-7-3-2-4-8-23)29(35)27-28(25-9-5-12-32-20-25)34(31(37)30(27)36)14-6-13-33-15-17-38-18-16-33/h2-5,7-12,19-20,28,35H,6,13-18,21H2,1H3/b29-27+/t28-/m1/s1. The first-order valence-electron chi connectivity index (χ1n) is 13.3. The zero-order valence-electron chi connectivity index (χ0n) is 22.1. The van der Waals surface area contributed by atoms with E-state index in [1.54, 1.807) is 41.6 Å². The number of nitrogens with zero attached hydrogens (tertiary/aromatic N) is 3. The van der Waals surface area contributed by atoms with E-state index in [1.807, 2.05) is 43.3 Å². The first-order chi connectivity index (χ1) is 19.0. The lowest BCUT2D eigenvalue weighted by atomic mass is 9.95. The third kappa shape index (κ3) is 6.02. The van der Waals surface area contributed by atoms with E-state index in [4.69, 9.17) is 9.47 Å². The maximum atomic E-state index is 13.3. The summed E-state index contributed by atoms with van der Waals surface area (Å²) in [5, 5.41) is 11.4. The number of rotatable bonds is 9. The van der Waals surface area contributed by atoms with E-state index in [2.05, 4.69) is 9.88 Å². The van der Waals surface area contributed by atoms with Crippen LogP contribution in [0, 0.1) is 6.92 Å². The summed E-state index contributed by atoms with van der Waals surface area (Å²) >= 11 is 0. The fourth-order valence-corrected chi connectivity index (χ4v) is 5.13. The molecule has 8 heteroatoms. The molecule has 2 aromatic carbocycles. The van der Waals surface area contributed by atoms with Gasteiger partial charge < -0.3 is 19.5 Å². The van der Waals surface area contributed by atoms with E-state index in [0.717, 1.165) is 30.8 Å². The summed E-state index contributed by atoms with van der Waals surface area (Å²) in [4.78, 5) is 34.6. The third-order valence-electron chi connectivity index (χ3n) is 7.20. The van der Waals surface area contributed by atoms with E-state index in [-0.39, 0.29) is 11.3 Å². The molecule has 1 amide bonds. The van der Waals surface area contributed by atoms with E-state index in [0.29, 0.717) is 49.7 Å². The minimum atomic E-state index is -0.710. The molecule has 5 rings (SSSR count). The maximum absolute atomic E-state index is 13.3. The Bertz CT molecular complexity index is 1340. The van der Waals surface area contributed by atoms with Crippen molar-refractivity contribution < 1.29 is 24.2 Å². The Morgan fingerprint density at radius 2 is 1.85 bits per heavy atom. The number of carbonyl (C=O) groups excluding carboxylic acids is 2. The lowest BCUT2D eigenvalue weighted by Crippen LogP contribution is -2.39. The van der Waals surface area contributed by atoms with Gasteiger partial charge in [0.2, 0.25) is 0 Å². The van der Waals surface area contributed by atoms with E-state index in [1.165, 1.54) is 0 Å². The number of aromatic nitrogens is 1. The smallest absolute Gasteiger partial charge is 0.295 e. The summed E-state index contributed by atoms with van der Waals surface area (Å²) in [6.45, 7) is 6.62. The van der Waals surface area contributed by atoms with Crippen molar-refractivity contribution in [1.82, 2.24) is 14.8 Å². The molecular weight excluding hydrogens is 494 g/mol. The second kappa shape index (κ2) is 12.2. The van der Waals surface area contributed by atoms with Crippen molar-refractivity contribution in [1.29, 1.82) is 0 Å². The monoisotopic (exact) mass is 527 g/mol. The van der Waals surface area contributed by atoms with Crippen LogP contribution in [0.15, 0.2) is 78.6 Å². The van der Waals surface area contributed by atoms with Crippen LogP contribution in [0.3, 0.4) is 0 Å². The van der Waals surface area contributed by atoms with Crippen LogP contribution in [0.1, 0.15) is 34.7 Å². The van der Waals surface area contributed by atoms with Crippen molar-refractivity contribution in [2.24, 2.45) is 0 Å². The summed E-state index contributed by atoms with van der Waals surface area (Å²) in [6, 6.07) is 18.0. The Morgan fingerprint density at radius 3 is 2.56 bits per heavy atom. The Kier molecular flexibility index (Phi) is 8.34. The molecule has 8 nitrogen and oxygen atoms in total. The fraction of sp³-hybridized carbons (Fsp3) is 0.323. The minimum Gasteiger partial charge on any atom is -0.507 e. The first-order valence-corrected chi connectivity index (χ1v) is 13.3. The molecule has 0 saturated carbocycles. The van der Waals surface area contributed by atoms with Crippen LogP contribution in [0.2, 0.25) is 0 Å². The molecule has 3 aromatic rings. The molecule has 1 N–H and O–H groups in total. The zero-order chi connectivity index (χ0) is 27.2. The van der Waals surface area contributed by atoms with Crippen molar-refractivity contribution in [2.45, 2.75) is 26.0 Å². The van der Waals surface area contributed by atoms with Crippen molar-refractivity contribution >= 4 is 17.4 Å². The van der Waals surface area contributed by atoms with Crippen LogP contribution >= 0.6 is 0 Å². The molecular formula is C31H33N3O5. The predicted molar refractivity (Wildman–Crippen MR) is 147 cm³/mol. The summed E-state index contributed by atoms with van der Waals surface area (Å²) < 4.78 is 11.4. The summed E-state index contributed by atoms with van der Waals surface area (Å²) in [7, 11) is 0. The highest BCUT2D eigenvalue weighted by atomic mass is 16.5. The highest BCUT2D eigenvalue weighted by molar-refractivity contribution is 6.46. The van der Waals surface area contributed by atoms with Crippen LogP contribution in [0.4, 0.5) is 0 Å². The number of benzene rings is 2. The second-order valence-corrected chi connectivity index (χ2v) is 9.84. The van der Waals surface area contributed by atoms with Crippen LogP contribution < -0.4 is 4.74 Å². The van der Waals surface area contributed by atoms with Crippen LogP contribution in [-0.2, 0) is 20.9 Å². The quantitative estimate of drug-likeness (QED) is 0.254. The number of carbonyl (C=O) groups is 2. The normalized spacial score (nSPS) is 19.4. The van der Waals surface area contributed by atoms with Gasteiger partial charge in [0.15, 0.2) is 0 Å². The topological polar surface area (TPSA) is 92.2 Å². The molecule has 2 aliphatic rings. The number of morpholine rings is 1. The zero-order valence-corrected chi connectivity index (χ0v) is 22.1. The number of aliphatic hydroxyl groups excluding tert-OH is 1. The molecule has 2 saturated heterocycles. The Labute approximate surface area is 228 Å². The van der Waals surface area contributed by atoms with Gasteiger partial charge in [0.25, 0.3) is 11.7 Å². The molecule has 202 valence electrons. The van der Waals surface area contributed by atoms with Crippen molar-refractivity contribution in [3.05, 3.63) is 101 Å². The largest absolute Gasteiger partial charge is 0.507 e. The van der Waals surface area contributed by atoms with E-state index >= 15 is 0 Å². The number of amides is 1. The molecule has 1 atom stereocenters. The number of hydrogen-bond acceptors (Lipinski definition) is 7. The van der Waals surface area contributed by atoms with Gasteiger partial charge in [-0.1, -0.05) is 36.4 Å². The molecule has 2 fully saturated rings. The number of Topliss-reactive ketones (excluding diaryl/α,β-unsaturated/α-hetero) is 1. The summed E-state index contributed by atoms with van der Waals surface area (Å²) in [5.41, 5.74) is 3.09. The van der Waals surface area contributed by atoms with Crippen molar-refractivity contribution in [3.63, 3.8) is 0 Å². The van der Waals surface area contributed by atoms with Gasteiger partial charge in [-0.15, -0.1) is 0 Å². The molecule has 0 spiro atoms. The van der Waals surface area contributed by atoms with Gasteiger partial charge in [0, 0.05) is 44.1 Å². The molecule has 39 heavy (non-hydrogen) atoms. The SMILES string of the molecule is Cc1cc(/C(O)=C2\C(=O)C(=O)N(CCCN3CCOCC3)[C@@H]2c2cccnc2)ccc1OCc1ccccc1. The van der Waals surface area contributed by atoms with E-state index in [9.17, 15) is 14.7 Å². The summed E-state index contributed by atoms with van der Waals surface area (Å²) in [6.07, 6.45) is 3.99. The van der Waals surface area contributed by atoms with Crippen LogP contribution in [0.25, 0.3) is 5.76 Å². The molecule has 0 aliphatic carbocycles. The molecule has 0 bridgehead atoms. The summed E-state index contributed by atoms with van der Waals surface area (Å²) in [5.74, 6) is -0.805. The van der Waals surface area contributed by atoms with Gasteiger partial charge in [0.05, 0.1) is 24.8 Å². The Morgan fingerprint density at radius 1 is 1.05 bits per heavy atom. The molecule has 3 heterocycles. The highest BCUT2D eigenvalue weighted by Crippen LogP contribution is 2.39. The molecule has 0 radical (unpaired) electrons. The number of likely N-dealkylation sites (tertiary alicyclic amines) is 1. The Hall–Kier alpha value is -4.01. The number of pyridine rings is 1. The highest BCUT2D eigenvalue weighted by Gasteiger charge is 2.46. The average molecular weight is 528 g/mol. The molecule has 1 aromatic heterocycles. The minimum absolute atomic E-state index is 0.0803. The van der Waals surface area contributed by atoms with Gasteiger partial charge >= 0.3 is 0 Å².